The Hall–Kier alpha value is -3.00. The van der Waals surface area contributed by atoms with E-state index in [4.69, 9.17) is 9.78 Å². The van der Waals surface area contributed by atoms with Gasteiger partial charge in [0.05, 0.1) is 17.2 Å². The van der Waals surface area contributed by atoms with E-state index in [2.05, 4.69) is 21.2 Å². The topological polar surface area (TPSA) is 75.6 Å². The van der Waals surface area contributed by atoms with Crippen molar-refractivity contribution in [3.8, 4) is 28.9 Å². The highest BCUT2D eigenvalue weighted by atomic mass is 16.5. The standard InChI is InChI=1S/C14H8N4O/c15-8-10-4-1-2-6-12(10)14-17-13(18-19-14)11-5-3-7-16-9-11/h1-7,9H. The molecular formula is C14H8N4O. The Morgan fingerprint density at radius 1 is 1.11 bits per heavy atom. The van der Waals surface area contributed by atoms with Crippen LogP contribution in [0.5, 0.6) is 0 Å². The molecular weight excluding hydrogens is 240 g/mol. The molecule has 0 aliphatic rings. The molecule has 5 nitrogen and oxygen atoms in total. The first-order valence-corrected chi connectivity index (χ1v) is 5.62. The Labute approximate surface area is 109 Å². The van der Waals surface area contributed by atoms with E-state index in [1.165, 1.54) is 0 Å². The van der Waals surface area contributed by atoms with Crippen LogP contribution in [0.25, 0.3) is 22.8 Å². The maximum Gasteiger partial charge on any atom is 0.259 e. The molecule has 0 N–H and O–H groups in total. The second-order valence-electron chi connectivity index (χ2n) is 3.82. The number of benzene rings is 1. The molecule has 3 aromatic rings. The highest BCUT2D eigenvalue weighted by Crippen LogP contribution is 2.24. The fourth-order valence-electron chi connectivity index (χ4n) is 1.71. The minimum atomic E-state index is 0.330. The minimum Gasteiger partial charge on any atom is -0.334 e. The van der Waals surface area contributed by atoms with Gasteiger partial charge in [0.25, 0.3) is 5.89 Å². The second-order valence-corrected chi connectivity index (χ2v) is 3.82. The first kappa shape index (κ1) is 11.1. The van der Waals surface area contributed by atoms with Gasteiger partial charge in [0.2, 0.25) is 5.82 Å². The van der Waals surface area contributed by atoms with Crippen molar-refractivity contribution in [2.45, 2.75) is 0 Å². The molecule has 0 spiro atoms. The van der Waals surface area contributed by atoms with Gasteiger partial charge >= 0.3 is 0 Å². The van der Waals surface area contributed by atoms with E-state index < -0.39 is 0 Å². The lowest BCUT2D eigenvalue weighted by Crippen LogP contribution is -1.84. The fourth-order valence-corrected chi connectivity index (χ4v) is 1.71. The Kier molecular flexibility index (Phi) is 2.75. The van der Waals surface area contributed by atoms with Gasteiger partial charge in [-0.15, -0.1) is 0 Å². The highest BCUT2D eigenvalue weighted by Gasteiger charge is 2.13. The summed E-state index contributed by atoms with van der Waals surface area (Å²) in [6.45, 7) is 0. The van der Waals surface area contributed by atoms with Crippen molar-refractivity contribution in [3.63, 3.8) is 0 Å². The molecule has 5 heteroatoms. The Morgan fingerprint density at radius 2 is 2.00 bits per heavy atom. The van der Waals surface area contributed by atoms with Crippen LogP contribution >= 0.6 is 0 Å². The molecule has 0 aliphatic heterocycles. The number of nitriles is 1. The zero-order chi connectivity index (χ0) is 13.1. The van der Waals surface area contributed by atoms with Crippen molar-refractivity contribution >= 4 is 0 Å². The molecule has 2 aromatic heterocycles. The van der Waals surface area contributed by atoms with Gasteiger partial charge in [-0.2, -0.15) is 10.2 Å². The Morgan fingerprint density at radius 3 is 2.79 bits per heavy atom. The van der Waals surface area contributed by atoms with Gasteiger partial charge in [-0.05, 0) is 24.3 Å². The smallest absolute Gasteiger partial charge is 0.259 e. The van der Waals surface area contributed by atoms with Crippen molar-refractivity contribution in [1.29, 1.82) is 5.26 Å². The zero-order valence-electron chi connectivity index (χ0n) is 9.82. The molecule has 0 radical (unpaired) electrons. The lowest BCUT2D eigenvalue weighted by atomic mass is 10.1. The predicted molar refractivity (Wildman–Crippen MR) is 67.7 cm³/mol. The molecule has 19 heavy (non-hydrogen) atoms. The van der Waals surface area contributed by atoms with Gasteiger partial charge in [-0.3, -0.25) is 4.98 Å². The van der Waals surface area contributed by atoms with Crippen LogP contribution in [0.1, 0.15) is 5.56 Å². The molecule has 1 aromatic carbocycles. The number of pyridine rings is 1. The molecule has 3 rings (SSSR count). The van der Waals surface area contributed by atoms with Crippen LogP contribution in [0.15, 0.2) is 53.3 Å². The van der Waals surface area contributed by atoms with E-state index in [0.29, 0.717) is 22.8 Å². The number of aromatic nitrogens is 3. The van der Waals surface area contributed by atoms with Crippen molar-refractivity contribution in [3.05, 3.63) is 54.4 Å². The molecule has 2 heterocycles. The number of hydrogen-bond donors (Lipinski definition) is 0. The first-order valence-electron chi connectivity index (χ1n) is 5.62. The van der Waals surface area contributed by atoms with E-state index in [1.807, 2.05) is 12.1 Å². The van der Waals surface area contributed by atoms with Gasteiger partial charge < -0.3 is 4.52 Å². The Balaban J connectivity index is 2.05. The predicted octanol–water partition coefficient (Wildman–Crippen LogP) is 2.67. The molecule has 0 aliphatic carbocycles. The summed E-state index contributed by atoms with van der Waals surface area (Å²) < 4.78 is 5.21. The molecule has 0 bridgehead atoms. The second kappa shape index (κ2) is 4.70. The van der Waals surface area contributed by atoms with Crippen LogP contribution in [-0.4, -0.2) is 15.1 Å². The van der Waals surface area contributed by atoms with Crippen molar-refractivity contribution < 1.29 is 4.52 Å². The molecule has 0 unspecified atom stereocenters. The molecule has 90 valence electrons. The summed E-state index contributed by atoms with van der Waals surface area (Å²) >= 11 is 0. The molecule has 0 saturated heterocycles. The third-order valence-electron chi connectivity index (χ3n) is 2.62. The summed E-state index contributed by atoms with van der Waals surface area (Å²) in [6.07, 6.45) is 3.33. The number of rotatable bonds is 2. The highest BCUT2D eigenvalue weighted by molar-refractivity contribution is 5.65. The number of nitrogens with zero attached hydrogens (tertiary/aromatic N) is 4. The minimum absolute atomic E-state index is 0.330. The summed E-state index contributed by atoms with van der Waals surface area (Å²) in [5.74, 6) is 0.784. The molecule has 0 atom stereocenters. The normalized spacial score (nSPS) is 10.1. The zero-order valence-corrected chi connectivity index (χ0v) is 9.82. The van der Waals surface area contributed by atoms with E-state index in [9.17, 15) is 0 Å². The number of hydrogen-bond acceptors (Lipinski definition) is 5. The lowest BCUT2D eigenvalue weighted by Gasteiger charge is -1.95. The van der Waals surface area contributed by atoms with Crippen LogP contribution in [0, 0.1) is 11.3 Å². The summed E-state index contributed by atoms with van der Waals surface area (Å²) in [5, 5.41) is 13.0. The monoisotopic (exact) mass is 248 g/mol. The molecule has 0 fully saturated rings. The summed E-state index contributed by atoms with van der Waals surface area (Å²) in [4.78, 5) is 8.29. The third-order valence-corrected chi connectivity index (χ3v) is 2.62. The molecule has 0 saturated carbocycles. The van der Waals surface area contributed by atoms with Gasteiger partial charge in [0.15, 0.2) is 0 Å². The average molecular weight is 248 g/mol. The maximum absolute atomic E-state index is 9.05. The van der Waals surface area contributed by atoms with E-state index in [-0.39, 0.29) is 0 Å². The Bertz CT molecular complexity index is 743. The largest absolute Gasteiger partial charge is 0.334 e. The summed E-state index contributed by atoms with van der Waals surface area (Å²) in [6, 6.07) is 12.9. The molecule has 0 amide bonds. The van der Waals surface area contributed by atoms with Crippen molar-refractivity contribution in [2.75, 3.05) is 0 Å². The van der Waals surface area contributed by atoms with Crippen molar-refractivity contribution in [1.82, 2.24) is 15.1 Å². The van der Waals surface area contributed by atoms with Gasteiger partial charge in [-0.25, -0.2) is 0 Å². The third kappa shape index (κ3) is 2.07. The van der Waals surface area contributed by atoms with Crippen LogP contribution < -0.4 is 0 Å². The summed E-state index contributed by atoms with van der Waals surface area (Å²) in [7, 11) is 0. The lowest BCUT2D eigenvalue weighted by molar-refractivity contribution is 0.432. The summed E-state index contributed by atoms with van der Waals surface area (Å²) in [5.41, 5.74) is 1.91. The van der Waals surface area contributed by atoms with Crippen LogP contribution in [0.4, 0.5) is 0 Å². The maximum atomic E-state index is 9.05. The van der Waals surface area contributed by atoms with Crippen LogP contribution in [0.3, 0.4) is 0 Å². The quantitative estimate of drug-likeness (QED) is 0.696. The van der Waals surface area contributed by atoms with Gasteiger partial charge in [-0.1, -0.05) is 17.3 Å². The first-order chi connectivity index (χ1) is 9.38. The average Bonchev–Trinajstić information content (AvgIpc) is 2.98. The van der Waals surface area contributed by atoms with Crippen LogP contribution in [0.2, 0.25) is 0 Å². The fraction of sp³-hybridized carbons (Fsp3) is 0. The van der Waals surface area contributed by atoms with Gasteiger partial charge in [0, 0.05) is 18.0 Å². The van der Waals surface area contributed by atoms with Crippen molar-refractivity contribution in [2.24, 2.45) is 0 Å². The van der Waals surface area contributed by atoms with E-state index >= 15 is 0 Å². The van der Waals surface area contributed by atoms with E-state index in [0.717, 1.165) is 5.56 Å². The van der Waals surface area contributed by atoms with E-state index in [1.54, 1.807) is 36.7 Å². The van der Waals surface area contributed by atoms with Crippen LogP contribution in [-0.2, 0) is 0 Å². The SMILES string of the molecule is N#Cc1ccccc1-c1nc(-c2cccnc2)no1. The van der Waals surface area contributed by atoms with Gasteiger partial charge in [0.1, 0.15) is 0 Å².